The molecule has 0 radical (unpaired) electrons. The highest BCUT2D eigenvalue weighted by Gasteiger charge is 2.03. The monoisotopic (exact) mass is 238 g/mol. The summed E-state index contributed by atoms with van der Waals surface area (Å²) in [6, 6.07) is 2.06. The van der Waals surface area contributed by atoms with Gasteiger partial charge in [0.1, 0.15) is 17.5 Å². The minimum absolute atomic E-state index is 0.0655. The van der Waals surface area contributed by atoms with Gasteiger partial charge >= 0.3 is 5.97 Å². The molecule has 1 heterocycles. The van der Waals surface area contributed by atoms with Crippen molar-refractivity contribution in [3.63, 3.8) is 0 Å². The molecule has 0 saturated carbocycles. The van der Waals surface area contributed by atoms with Crippen LogP contribution in [0.15, 0.2) is 6.07 Å². The molecule has 0 unspecified atom stereocenters. The molecule has 3 N–H and O–H groups in total. The first-order valence-electron chi connectivity index (χ1n) is 5.55. The lowest BCUT2D eigenvalue weighted by Crippen LogP contribution is -2.14. The number of aryl methyl sites for hydroxylation is 1. The Morgan fingerprint density at radius 3 is 2.65 bits per heavy atom. The normalized spacial score (nSPS) is 10.4. The van der Waals surface area contributed by atoms with Gasteiger partial charge in [-0.3, -0.25) is 4.79 Å². The van der Waals surface area contributed by atoms with Gasteiger partial charge in [-0.25, -0.2) is 9.97 Å². The molecule has 94 valence electrons. The first kappa shape index (κ1) is 13.2. The number of anilines is 2. The van der Waals surface area contributed by atoms with Gasteiger partial charge in [0.15, 0.2) is 0 Å². The molecule has 6 nitrogen and oxygen atoms in total. The van der Waals surface area contributed by atoms with Crippen LogP contribution in [0, 0.1) is 6.92 Å². The summed E-state index contributed by atoms with van der Waals surface area (Å²) in [4.78, 5) is 18.8. The zero-order valence-electron chi connectivity index (χ0n) is 10.3. The maximum absolute atomic E-state index is 10.4. The first-order chi connectivity index (χ1) is 7.97. The van der Waals surface area contributed by atoms with Crippen molar-refractivity contribution in [1.82, 2.24) is 9.97 Å². The van der Waals surface area contributed by atoms with E-state index in [4.69, 9.17) is 5.11 Å². The predicted molar refractivity (Wildman–Crippen MR) is 66.3 cm³/mol. The van der Waals surface area contributed by atoms with Crippen molar-refractivity contribution in [3.05, 3.63) is 11.9 Å². The molecule has 0 amide bonds. The SMILES string of the molecule is Cc1nc(NCCC(=O)O)cc(NC(C)C)n1. The summed E-state index contributed by atoms with van der Waals surface area (Å²) in [6.45, 7) is 6.20. The number of hydrogen-bond donors (Lipinski definition) is 3. The van der Waals surface area contributed by atoms with E-state index in [0.29, 0.717) is 18.2 Å². The summed E-state index contributed by atoms with van der Waals surface area (Å²) in [5.74, 6) is 1.20. The molecule has 0 aliphatic heterocycles. The van der Waals surface area contributed by atoms with Gasteiger partial charge < -0.3 is 15.7 Å². The minimum atomic E-state index is -0.830. The third-order valence-corrected chi connectivity index (χ3v) is 1.92. The Labute approximate surface area is 100 Å². The lowest BCUT2D eigenvalue weighted by atomic mass is 10.3. The van der Waals surface area contributed by atoms with Crippen LogP contribution < -0.4 is 10.6 Å². The Bertz CT molecular complexity index is 393. The van der Waals surface area contributed by atoms with Crippen molar-refractivity contribution < 1.29 is 9.90 Å². The molecule has 0 aromatic carbocycles. The molecular formula is C11H18N4O2. The van der Waals surface area contributed by atoms with Gasteiger partial charge in [0.2, 0.25) is 0 Å². The summed E-state index contributed by atoms with van der Waals surface area (Å²) < 4.78 is 0. The quantitative estimate of drug-likeness (QED) is 0.696. The maximum Gasteiger partial charge on any atom is 0.305 e. The standard InChI is InChI=1S/C11H18N4O2/c1-7(2)13-10-6-9(14-8(3)15-10)12-5-4-11(16)17/h6-7H,4-5H2,1-3H3,(H,16,17)(H2,12,13,14,15). The molecule has 0 spiro atoms. The fourth-order valence-corrected chi connectivity index (χ4v) is 1.33. The number of hydrogen-bond acceptors (Lipinski definition) is 5. The predicted octanol–water partition coefficient (Wildman–Crippen LogP) is 1.49. The number of nitrogens with one attached hydrogen (secondary N) is 2. The van der Waals surface area contributed by atoms with Gasteiger partial charge in [-0.15, -0.1) is 0 Å². The Morgan fingerprint density at radius 2 is 2.06 bits per heavy atom. The van der Waals surface area contributed by atoms with Gasteiger partial charge in [-0.1, -0.05) is 0 Å². The van der Waals surface area contributed by atoms with Crippen molar-refractivity contribution in [1.29, 1.82) is 0 Å². The second-order valence-electron chi connectivity index (χ2n) is 4.06. The van der Waals surface area contributed by atoms with Crippen LogP contribution in [0.1, 0.15) is 26.1 Å². The molecule has 6 heteroatoms. The molecule has 0 aliphatic carbocycles. The van der Waals surface area contributed by atoms with E-state index in [2.05, 4.69) is 20.6 Å². The lowest BCUT2D eigenvalue weighted by Gasteiger charge is -2.11. The van der Waals surface area contributed by atoms with Crippen LogP contribution >= 0.6 is 0 Å². The first-order valence-corrected chi connectivity index (χ1v) is 5.55. The Morgan fingerprint density at radius 1 is 1.41 bits per heavy atom. The molecule has 0 fully saturated rings. The molecule has 17 heavy (non-hydrogen) atoms. The summed E-state index contributed by atoms with van der Waals surface area (Å²) in [6.07, 6.45) is 0.0655. The highest BCUT2D eigenvalue weighted by Crippen LogP contribution is 2.11. The van der Waals surface area contributed by atoms with Gasteiger partial charge in [0.25, 0.3) is 0 Å². The average Bonchev–Trinajstić information content (AvgIpc) is 2.14. The Kier molecular flexibility index (Phi) is 4.68. The van der Waals surface area contributed by atoms with E-state index in [9.17, 15) is 4.79 Å². The summed E-state index contributed by atoms with van der Waals surface area (Å²) >= 11 is 0. The van der Waals surface area contributed by atoms with E-state index in [1.54, 1.807) is 13.0 Å². The zero-order chi connectivity index (χ0) is 12.8. The van der Waals surface area contributed by atoms with Crippen LogP contribution in [0.25, 0.3) is 0 Å². The van der Waals surface area contributed by atoms with Crippen LogP contribution in [-0.4, -0.2) is 33.6 Å². The maximum atomic E-state index is 10.4. The van der Waals surface area contributed by atoms with Crippen molar-refractivity contribution in [2.24, 2.45) is 0 Å². The molecule has 1 rings (SSSR count). The zero-order valence-corrected chi connectivity index (χ0v) is 10.3. The fourth-order valence-electron chi connectivity index (χ4n) is 1.33. The van der Waals surface area contributed by atoms with E-state index in [1.807, 2.05) is 13.8 Å². The largest absolute Gasteiger partial charge is 0.481 e. The van der Waals surface area contributed by atoms with Gasteiger partial charge in [0, 0.05) is 18.7 Å². The number of nitrogens with zero attached hydrogens (tertiary/aromatic N) is 2. The Balaban J connectivity index is 2.65. The number of aromatic nitrogens is 2. The second kappa shape index (κ2) is 6.03. The Hall–Kier alpha value is -1.85. The van der Waals surface area contributed by atoms with Crippen molar-refractivity contribution in [2.75, 3.05) is 17.2 Å². The van der Waals surface area contributed by atoms with Crippen molar-refractivity contribution in [3.8, 4) is 0 Å². The van der Waals surface area contributed by atoms with Gasteiger partial charge in [-0.05, 0) is 20.8 Å². The summed E-state index contributed by atoms with van der Waals surface area (Å²) in [5.41, 5.74) is 0. The van der Waals surface area contributed by atoms with E-state index in [0.717, 1.165) is 5.82 Å². The number of carboxylic acid groups (broad SMARTS) is 1. The molecular weight excluding hydrogens is 220 g/mol. The van der Waals surface area contributed by atoms with Crippen molar-refractivity contribution >= 4 is 17.6 Å². The van der Waals surface area contributed by atoms with E-state index in [1.165, 1.54) is 0 Å². The molecule has 1 aromatic heterocycles. The van der Waals surface area contributed by atoms with Crippen LogP contribution in [0.4, 0.5) is 11.6 Å². The van der Waals surface area contributed by atoms with Crippen LogP contribution in [-0.2, 0) is 4.79 Å². The molecule has 0 atom stereocenters. The molecule has 0 saturated heterocycles. The fraction of sp³-hybridized carbons (Fsp3) is 0.545. The average molecular weight is 238 g/mol. The van der Waals surface area contributed by atoms with Crippen LogP contribution in [0.3, 0.4) is 0 Å². The minimum Gasteiger partial charge on any atom is -0.481 e. The lowest BCUT2D eigenvalue weighted by molar-refractivity contribution is -0.136. The second-order valence-corrected chi connectivity index (χ2v) is 4.06. The van der Waals surface area contributed by atoms with Crippen LogP contribution in [0.2, 0.25) is 0 Å². The third kappa shape index (κ3) is 5.14. The van der Waals surface area contributed by atoms with E-state index < -0.39 is 5.97 Å². The number of carboxylic acids is 1. The van der Waals surface area contributed by atoms with E-state index in [-0.39, 0.29) is 12.5 Å². The topological polar surface area (TPSA) is 87.1 Å². The van der Waals surface area contributed by atoms with E-state index >= 15 is 0 Å². The van der Waals surface area contributed by atoms with Gasteiger partial charge in [0.05, 0.1) is 6.42 Å². The number of aliphatic carboxylic acids is 1. The van der Waals surface area contributed by atoms with Gasteiger partial charge in [-0.2, -0.15) is 0 Å². The van der Waals surface area contributed by atoms with Crippen molar-refractivity contribution in [2.45, 2.75) is 33.2 Å². The molecule has 1 aromatic rings. The summed E-state index contributed by atoms with van der Waals surface area (Å²) in [7, 11) is 0. The van der Waals surface area contributed by atoms with Crippen LogP contribution in [0.5, 0.6) is 0 Å². The number of rotatable bonds is 6. The highest BCUT2D eigenvalue weighted by atomic mass is 16.4. The third-order valence-electron chi connectivity index (χ3n) is 1.92. The summed E-state index contributed by atoms with van der Waals surface area (Å²) in [5, 5.41) is 14.7. The smallest absolute Gasteiger partial charge is 0.305 e. The molecule has 0 aliphatic rings. The number of carbonyl (C=O) groups is 1. The highest BCUT2D eigenvalue weighted by molar-refractivity contribution is 5.67. The molecule has 0 bridgehead atoms.